The Kier molecular flexibility index (Phi) is 5.37. The molecule has 4 heteroatoms. The molecule has 0 saturated carbocycles. The molecule has 1 N–H and O–H groups in total. The maximum Gasteiger partial charge on any atom is 0.130 e. The van der Waals surface area contributed by atoms with Gasteiger partial charge in [0.25, 0.3) is 0 Å². The van der Waals surface area contributed by atoms with Gasteiger partial charge in [-0.2, -0.15) is 0 Å². The molecule has 0 saturated heterocycles. The van der Waals surface area contributed by atoms with Crippen LogP contribution in [-0.2, 0) is 0 Å². The van der Waals surface area contributed by atoms with Gasteiger partial charge >= 0.3 is 0 Å². The summed E-state index contributed by atoms with van der Waals surface area (Å²) in [4.78, 5) is 8.26. The van der Waals surface area contributed by atoms with Gasteiger partial charge in [-0.1, -0.05) is 19.8 Å². The molecule has 0 amide bonds. The Morgan fingerprint density at radius 3 is 2.93 bits per heavy atom. The van der Waals surface area contributed by atoms with Crippen LogP contribution in [0.1, 0.15) is 26.2 Å². The van der Waals surface area contributed by atoms with Gasteiger partial charge in [0.1, 0.15) is 17.2 Å². The van der Waals surface area contributed by atoms with Gasteiger partial charge in [0.05, 0.1) is 0 Å². The van der Waals surface area contributed by atoms with Crippen molar-refractivity contribution in [2.45, 2.75) is 31.2 Å². The quantitative estimate of drug-likeness (QED) is 0.446. The number of hydrogen-bond donors (Lipinski definition) is 1. The lowest BCUT2D eigenvalue weighted by molar-refractivity contribution is 0.778. The van der Waals surface area contributed by atoms with Crippen molar-refractivity contribution in [1.82, 2.24) is 9.97 Å². The predicted molar refractivity (Wildman–Crippen MR) is 61.8 cm³/mol. The fourth-order valence-corrected chi connectivity index (χ4v) is 1.96. The molecule has 14 heavy (non-hydrogen) atoms. The highest BCUT2D eigenvalue weighted by Gasteiger charge is 1.97. The number of anilines is 1. The zero-order valence-corrected chi connectivity index (χ0v) is 9.60. The minimum atomic E-state index is 0.887. The average Bonchev–Trinajstić information content (AvgIpc) is 2.25. The van der Waals surface area contributed by atoms with Crippen LogP contribution in [-0.4, -0.2) is 22.8 Å². The van der Waals surface area contributed by atoms with Gasteiger partial charge in [0, 0.05) is 13.1 Å². The zero-order chi connectivity index (χ0) is 10.2. The van der Waals surface area contributed by atoms with Crippen LogP contribution < -0.4 is 5.32 Å². The third-order valence-electron chi connectivity index (χ3n) is 1.90. The van der Waals surface area contributed by atoms with Gasteiger partial charge in [0.15, 0.2) is 0 Å². The number of hydrogen-bond acceptors (Lipinski definition) is 4. The molecule has 1 rings (SSSR count). The first-order chi connectivity index (χ1) is 6.86. The number of unbranched alkanes of at least 4 members (excludes halogenated alkanes) is 2. The lowest BCUT2D eigenvalue weighted by Crippen LogP contribution is -1.93. The van der Waals surface area contributed by atoms with E-state index in [0.29, 0.717) is 0 Å². The van der Waals surface area contributed by atoms with E-state index < -0.39 is 0 Å². The average molecular weight is 211 g/mol. The van der Waals surface area contributed by atoms with E-state index in [-0.39, 0.29) is 0 Å². The normalized spacial score (nSPS) is 10.1. The molecule has 1 heterocycles. The fourth-order valence-electron chi connectivity index (χ4n) is 1.08. The van der Waals surface area contributed by atoms with Crippen LogP contribution in [0, 0.1) is 0 Å². The van der Waals surface area contributed by atoms with E-state index in [4.69, 9.17) is 0 Å². The summed E-state index contributed by atoms with van der Waals surface area (Å²) in [5, 5.41) is 4.06. The Balaban J connectivity index is 2.34. The maximum absolute atomic E-state index is 4.20. The van der Waals surface area contributed by atoms with Crippen LogP contribution in [0.3, 0.4) is 0 Å². The lowest BCUT2D eigenvalue weighted by Gasteiger charge is -2.02. The monoisotopic (exact) mass is 211 g/mol. The molecule has 0 spiro atoms. The number of aromatic nitrogens is 2. The molecule has 0 aliphatic heterocycles. The predicted octanol–water partition coefficient (Wildman–Crippen LogP) is 2.80. The summed E-state index contributed by atoms with van der Waals surface area (Å²) in [6.07, 6.45) is 5.44. The second kappa shape index (κ2) is 6.65. The van der Waals surface area contributed by atoms with Crippen molar-refractivity contribution in [3.8, 4) is 0 Å². The number of thioether (sulfide) groups is 1. The Bertz CT molecular complexity index is 265. The van der Waals surface area contributed by atoms with E-state index in [1.807, 2.05) is 13.1 Å². The second-order valence-corrected chi connectivity index (χ2v) is 4.16. The molecule has 78 valence electrons. The van der Waals surface area contributed by atoms with E-state index in [0.717, 1.165) is 16.6 Å². The van der Waals surface area contributed by atoms with Crippen LogP contribution in [0.2, 0.25) is 0 Å². The molecule has 3 nitrogen and oxygen atoms in total. The molecule has 0 bridgehead atoms. The maximum atomic E-state index is 4.20. The SMILES string of the molecule is CCCCCSc1cc(NC)ncn1. The van der Waals surface area contributed by atoms with Gasteiger partial charge in [-0.3, -0.25) is 0 Å². The minimum absolute atomic E-state index is 0.887. The Morgan fingerprint density at radius 2 is 2.21 bits per heavy atom. The standard InChI is InChI=1S/C10H17N3S/c1-3-4-5-6-14-10-7-9(11-2)12-8-13-10/h7-8H,3-6H2,1-2H3,(H,11,12,13). The van der Waals surface area contributed by atoms with Crippen molar-refractivity contribution in [2.24, 2.45) is 0 Å². The van der Waals surface area contributed by atoms with E-state index in [1.54, 1.807) is 18.1 Å². The van der Waals surface area contributed by atoms with Crippen molar-refractivity contribution in [3.63, 3.8) is 0 Å². The summed E-state index contributed by atoms with van der Waals surface area (Å²) in [5.74, 6) is 2.03. The van der Waals surface area contributed by atoms with E-state index in [9.17, 15) is 0 Å². The molecule has 1 aromatic heterocycles. The molecule has 0 aliphatic rings. The summed E-state index contributed by atoms with van der Waals surface area (Å²) >= 11 is 1.80. The Labute approximate surface area is 89.7 Å². The third kappa shape index (κ3) is 3.96. The third-order valence-corrected chi connectivity index (χ3v) is 2.91. The number of rotatable bonds is 6. The first kappa shape index (κ1) is 11.3. The van der Waals surface area contributed by atoms with Gasteiger partial charge in [-0.15, -0.1) is 11.8 Å². The Morgan fingerprint density at radius 1 is 1.36 bits per heavy atom. The van der Waals surface area contributed by atoms with Crippen LogP contribution in [0.25, 0.3) is 0 Å². The smallest absolute Gasteiger partial charge is 0.130 e. The van der Waals surface area contributed by atoms with Gasteiger partial charge in [0.2, 0.25) is 0 Å². The van der Waals surface area contributed by atoms with Gasteiger partial charge in [-0.05, 0) is 12.2 Å². The van der Waals surface area contributed by atoms with Crippen LogP contribution >= 0.6 is 11.8 Å². The highest BCUT2D eigenvalue weighted by molar-refractivity contribution is 7.99. The number of nitrogens with one attached hydrogen (secondary N) is 1. The van der Waals surface area contributed by atoms with E-state index in [2.05, 4.69) is 22.2 Å². The summed E-state index contributed by atoms with van der Waals surface area (Å²) in [7, 11) is 1.87. The van der Waals surface area contributed by atoms with Crippen LogP contribution in [0.15, 0.2) is 17.4 Å². The molecule has 0 unspecified atom stereocenters. The first-order valence-corrected chi connectivity index (χ1v) is 5.98. The number of nitrogens with zero attached hydrogens (tertiary/aromatic N) is 2. The molecule has 0 fully saturated rings. The van der Waals surface area contributed by atoms with Gasteiger partial charge < -0.3 is 5.32 Å². The molecule has 0 atom stereocenters. The molecular weight excluding hydrogens is 194 g/mol. The molecule has 0 aliphatic carbocycles. The van der Waals surface area contributed by atoms with Gasteiger partial charge in [-0.25, -0.2) is 9.97 Å². The van der Waals surface area contributed by atoms with E-state index in [1.165, 1.54) is 19.3 Å². The van der Waals surface area contributed by atoms with Crippen molar-refractivity contribution in [2.75, 3.05) is 18.1 Å². The lowest BCUT2D eigenvalue weighted by atomic mass is 10.3. The molecule has 0 aromatic carbocycles. The summed E-state index contributed by atoms with van der Waals surface area (Å²) in [6.45, 7) is 2.22. The van der Waals surface area contributed by atoms with E-state index >= 15 is 0 Å². The highest BCUT2D eigenvalue weighted by Crippen LogP contribution is 2.18. The highest BCUT2D eigenvalue weighted by atomic mass is 32.2. The minimum Gasteiger partial charge on any atom is -0.373 e. The van der Waals surface area contributed by atoms with Crippen molar-refractivity contribution >= 4 is 17.6 Å². The van der Waals surface area contributed by atoms with Crippen LogP contribution in [0.4, 0.5) is 5.82 Å². The first-order valence-electron chi connectivity index (χ1n) is 4.99. The fraction of sp³-hybridized carbons (Fsp3) is 0.600. The summed E-state index contributed by atoms with van der Waals surface area (Å²) in [6, 6.07) is 1.98. The van der Waals surface area contributed by atoms with Crippen molar-refractivity contribution < 1.29 is 0 Å². The Hall–Kier alpha value is -0.770. The second-order valence-electron chi connectivity index (χ2n) is 3.05. The zero-order valence-electron chi connectivity index (χ0n) is 8.79. The summed E-state index contributed by atoms with van der Waals surface area (Å²) < 4.78 is 0. The van der Waals surface area contributed by atoms with Crippen molar-refractivity contribution in [3.05, 3.63) is 12.4 Å². The molecule has 0 radical (unpaired) electrons. The summed E-state index contributed by atoms with van der Waals surface area (Å²) in [5.41, 5.74) is 0. The van der Waals surface area contributed by atoms with Crippen molar-refractivity contribution in [1.29, 1.82) is 0 Å². The molecular formula is C10H17N3S. The topological polar surface area (TPSA) is 37.8 Å². The molecule has 1 aromatic rings. The largest absolute Gasteiger partial charge is 0.373 e. The van der Waals surface area contributed by atoms with Crippen LogP contribution in [0.5, 0.6) is 0 Å².